The van der Waals surface area contributed by atoms with Crippen LogP contribution in [0.3, 0.4) is 0 Å². The minimum absolute atomic E-state index is 0.449. The Morgan fingerprint density at radius 2 is 2.06 bits per heavy atom. The Kier molecular flexibility index (Phi) is 2.30. The Hall–Kier alpha value is -1.94. The average Bonchev–Trinajstić information content (AvgIpc) is 2.76. The van der Waals surface area contributed by atoms with Crippen LogP contribution in [0.2, 0.25) is 5.15 Å². The van der Waals surface area contributed by atoms with Crippen molar-refractivity contribution in [3.05, 3.63) is 47.2 Å². The molecule has 0 bridgehead atoms. The van der Waals surface area contributed by atoms with Crippen LogP contribution in [0, 0.1) is 6.92 Å². The highest BCUT2D eigenvalue weighted by atomic mass is 35.5. The first-order valence-corrected chi connectivity index (χ1v) is 5.56. The van der Waals surface area contributed by atoms with Crippen LogP contribution in [-0.2, 0) is 0 Å². The van der Waals surface area contributed by atoms with Crippen molar-refractivity contribution >= 4 is 22.6 Å². The molecule has 0 aliphatic carbocycles. The fourth-order valence-corrected chi connectivity index (χ4v) is 1.92. The molecule has 4 nitrogen and oxygen atoms in total. The van der Waals surface area contributed by atoms with E-state index in [0.29, 0.717) is 5.15 Å². The topological polar surface area (TPSA) is 43.6 Å². The van der Waals surface area contributed by atoms with E-state index in [1.165, 1.54) is 0 Å². The van der Waals surface area contributed by atoms with Crippen molar-refractivity contribution in [1.29, 1.82) is 0 Å². The highest BCUT2D eigenvalue weighted by molar-refractivity contribution is 6.29. The van der Waals surface area contributed by atoms with Crippen LogP contribution in [0.5, 0.6) is 0 Å². The van der Waals surface area contributed by atoms with E-state index in [1.807, 2.05) is 31.2 Å². The van der Waals surface area contributed by atoms with E-state index in [0.717, 1.165) is 22.3 Å². The summed E-state index contributed by atoms with van der Waals surface area (Å²) >= 11 is 5.91. The van der Waals surface area contributed by atoms with Gasteiger partial charge >= 0.3 is 0 Å². The summed E-state index contributed by atoms with van der Waals surface area (Å²) in [5.74, 6) is 0. The van der Waals surface area contributed by atoms with Gasteiger partial charge in [0.05, 0.1) is 11.2 Å². The molecule has 0 aliphatic rings. The number of hydrogen-bond acceptors (Lipinski definition) is 3. The third-order valence-electron chi connectivity index (χ3n) is 2.62. The van der Waals surface area contributed by atoms with Crippen LogP contribution in [-0.4, -0.2) is 20.0 Å². The molecule has 0 saturated heterocycles. The quantitative estimate of drug-likeness (QED) is 0.618. The lowest BCUT2D eigenvalue weighted by Gasteiger charge is -2.05. The summed E-state index contributed by atoms with van der Waals surface area (Å²) in [6.45, 7) is 1.97. The number of nitrogens with zero attached hydrogens (tertiary/aromatic N) is 4. The SMILES string of the molecule is Cc1cnc(Cl)cc1-n1nnc2ccccc21. The normalized spacial score (nSPS) is 10.9. The molecule has 0 saturated carbocycles. The van der Waals surface area contributed by atoms with Gasteiger partial charge in [0.2, 0.25) is 0 Å². The second-order valence-electron chi connectivity index (χ2n) is 3.78. The summed E-state index contributed by atoms with van der Waals surface area (Å²) in [6, 6.07) is 9.59. The molecule has 0 amide bonds. The van der Waals surface area contributed by atoms with E-state index in [2.05, 4.69) is 15.3 Å². The predicted octanol–water partition coefficient (Wildman–Crippen LogP) is 2.78. The van der Waals surface area contributed by atoms with Crippen molar-refractivity contribution in [1.82, 2.24) is 20.0 Å². The lowest BCUT2D eigenvalue weighted by molar-refractivity contribution is 0.817. The second-order valence-corrected chi connectivity index (χ2v) is 4.17. The maximum Gasteiger partial charge on any atom is 0.131 e. The van der Waals surface area contributed by atoms with Gasteiger partial charge in [0.1, 0.15) is 10.7 Å². The number of para-hydroxylation sites is 1. The monoisotopic (exact) mass is 244 g/mol. The molecule has 17 heavy (non-hydrogen) atoms. The molecule has 0 atom stereocenters. The van der Waals surface area contributed by atoms with Crippen LogP contribution in [0.15, 0.2) is 36.5 Å². The summed E-state index contributed by atoms with van der Waals surface area (Å²) < 4.78 is 1.78. The minimum atomic E-state index is 0.449. The number of halogens is 1. The molecule has 2 heterocycles. The predicted molar refractivity (Wildman–Crippen MR) is 66.4 cm³/mol. The third kappa shape index (κ3) is 1.66. The average molecular weight is 245 g/mol. The minimum Gasteiger partial charge on any atom is -0.244 e. The summed E-state index contributed by atoms with van der Waals surface area (Å²) in [5, 5.41) is 8.71. The maximum absolute atomic E-state index is 5.91. The lowest BCUT2D eigenvalue weighted by Crippen LogP contribution is -2.00. The van der Waals surface area contributed by atoms with Crippen molar-refractivity contribution < 1.29 is 0 Å². The molecule has 5 heteroatoms. The molecular formula is C12H9ClN4. The highest BCUT2D eigenvalue weighted by Gasteiger charge is 2.08. The summed E-state index contributed by atoms with van der Waals surface area (Å²) in [7, 11) is 0. The van der Waals surface area contributed by atoms with Crippen molar-refractivity contribution in [2.45, 2.75) is 6.92 Å². The molecule has 0 spiro atoms. The highest BCUT2D eigenvalue weighted by Crippen LogP contribution is 2.20. The number of hydrogen-bond donors (Lipinski definition) is 0. The zero-order chi connectivity index (χ0) is 11.8. The number of aryl methyl sites for hydroxylation is 1. The van der Waals surface area contributed by atoms with Crippen molar-refractivity contribution in [3.8, 4) is 5.69 Å². The molecule has 0 N–H and O–H groups in total. The van der Waals surface area contributed by atoms with Gasteiger partial charge in [0.15, 0.2) is 0 Å². The molecular weight excluding hydrogens is 236 g/mol. The van der Waals surface area contributed by atoms with Crippen LogP contribution < -0.4 is 0 Å². The smallest absolute Gasteiger partial charge is 0.131 e. The maximum atomic E-state index is 5.91. The first-order chi connectivity index (χ1) is 8.25. The van der Waals surface area contributed by atoms with E-state index in [-0.39, 0.29) is 0 Å². The Labute approximate surface area is 103 Å². The van der Waals surface area contributed by atoms with E-state index in [1.54, 1.807) is 16.9 Å². The van der Waals surface area contributed by atoms with Crippen LogP contribution >= 0.6 is 11.6 Å². The first-order valence-electron chi connectivity index (χ1n) is 5.18. The molecule has 2 aromatic heterocycles. The molecule has 3 rings (SSSR count). The third-order valence-corrected chi connectivity index (χ3v) is 2.83. The van der Waals surface area contributed by atoms with Gasteiger partial charge < -0.3 is 0 Å². The van der Waals surface area contributed by atoms with Gasteiger partial charge in [0, 0.05) is 12.3 Å². The Morgan fingerprint density at radius 1 is 1.24 bits per heavy atom. The fraction of sp³-hybridized carbons (Fsp3) is 0.0833. The van der Waals surface area contributed by atoms with Gasteiger partial charge in [-0.25, -0.2) is 9.67 Å². The van der Waals surface area contributed by atoms with Crippen LogP contribution in [0.25, 0.3) is 16.7 Å². The van der Waals surface area contributed by atoms with Crippen LogP contribution in [0.1, 0.15) is 5.56 Å². The van der Waals surface area contributed by atoms with Gasteiger partial charge in [-0.2, -0.15) is 0 Å². The van der Waals surface area contributed by atoms with E-state index >= 15 is 0 Å². The number of aromatic nitrogens is 4. The van der Waals surface area contributed by atoms with Crippen LogP contribution in [0.4, 0.5) is 0 Å². The van der Waals surface area contributed by atoms with Crippen molar-refractivity contribution in [2.24, 2.45) is 0 Å². The van der Waals surface area contributed by atoms with E-state index in [4.69, 9.17) is 11.6 Å². The van der Waals surface area contributed by atoms with Gasteiger partial charge in [-0.1, -0.05) is 28.9 Å². The molecule has 0 radical (unpaired) electrons. The standard InChI is InChI=1S/C12H9ClN4/c1-8-7-14-12(13)6-11(8)17-10-5-3-2-4-9(10)15-16-17/h2-7H,1H3. The molecule has 84 valence electrons. The molecule has 0 unspecified atom stereocenters. The molecule has 1 aromatic carbocycles. The number of rotatable bonds is 1. The van der Waals surface area contributed by atoms with Crippen molar-refractivity contribution in [3.63, 3.8) is 0 Å². The zero-order valence-electron chi connectivity index (χ0n) is 9.13. The van der Waals surface area contributed by atoms with Gasteiger partial charge in [0.25, 0.3) is 0 Å². The molecule has 0 aliphatic heterocycles. The summed E-state index contributed by atoms with van der Waals surface area (Å²) in [5.41, 5.74) is 3.72. The Balaban J connectivity index is 2.31. The lowest BCUT2D eigenvalue weighted by atomic mass is 10.2. The summed E-state index contributed by atoms with van der Waals surface area (Å²) in [4.78, 5) is 4.03. The number of pyridine rings is 1. The molecule has 0 fully saturated rings. The largest absolute Gasteiger partial charge is 0.244 e. The summed E-state index contributed by atoms with van der Waals surface area (Å²) in [6.07, 6.45) is 1.73. The second kappa shape index (κ2) is 3.82. The molecule has 3 aromatic rings. The Morgan fingerprint density at radius 3 is 2.94 bits per heavy atom. The van der Waals surface area contributed by atoms with Gasteiger partial charge in [-0.3, -0.25) is 0 Å². The number of benzene rings is 1. The van der Waals surface area contributed by atoms with Gasteiger partial charge in [-0.15, -0.1) is 5.10 Å². The van der Waals surface area contributed by atoms with E-state index < -0.39 is 0 Å². The fourth-order valence-electron chi connectivity index (χ4n) is 1.76. The Bertz CT molecular complexity index is 690. The zero-order valence-corrected chi connectivity index (χ0v) is 9.89. The van der Waals surface area contributed by atoms with E-state index in [9.17, 15) is 0 Å². The van der Waals surface area contributed by atoms with Gasteiger partial charge in [-0.05, 0) is 24.6 Å². The first kappa shape index (κ1) is 10.2. The van der Waals surface area contributed by atoms with Crippen molar-refractivity contribution in [2.75, 3.05) is 0 Å². The number of fused-ring (bicyclic) bond motifs is 1.